The molecule has 4 heterocycles. The van der Waals surface area contributed by atoms with Crippen molar-refractivity contribution in [2.24, 2.45) is 0 Å². The Labute approximate surface area is 535 Å². The van der Waals surface area contributed by atoms with Crippen molar-refractivity contribution in [3.05, 3.63) is 165 Å². The normalized spacial score (nSPS) is 14.2. The molecule has 4 fully saturated rings. The Hall–Kier alpha value is -8.54. The van der Waals surface area contributed by atoms with Crippen LogP contribution in [0.2, 0.25) is 5.02 Å². The number of pyridine rings is 4. The fraction of sp³-hybridized carbons (Fsp3) is 0.403. The molecule has 0 saturated heterocycles. The SMILES string of the molecule is CCN(CC)c1cc2c(cc1F)c(=O)c(C(=O)Cl)cn2C1CC1.CCN(CC)c1cc2c(cc1F)c(=O)c(C(=O)O)cn2C1CC1.CCN(CC)c1cc2c(cc1F)c(=O)c(C(=O)OCCOC)cn2C1CC1.O=C(O)c1cn(C2CC2)c2cc(Cl)c(F)cc2c1=O. The van der Waals surface area contributed by atoms with E-state index in [1.54, 1.807) is 29.0 Å². The highest BCUT2D eigenvalue weighted by Crippen LogP contribution is 2.42. The fourth-order valence-corrected chi connectivity index (χ4v) is 11.6. The van der Waals surface area contributed by atoms with Crippen molar-refractivity contribution in [1.29, 1.82) is 0 Å². The van der Waals surface area contributed by atoms with Gasteiger partial charge < -0.3 is 52.7 Å². The van der Waals surface area contributed by atoms with Gasteiger partial charge in [-0.3, -0.25) is 24.0 Å². The Kier molecular flexibility index (Phi) is 21.0. The van der Waals surface area contributed by atoms with Gasteiger partial charge in [0.15, 0.2) is 0 Å². The van der Waals surface area contributed by atoms with Gasteiger partial charge in [0.1, 0.15) is 46.6 Å². The fourth-order valence-electron chi connectivity index (χ4n) is 11.3. The van der Waals surface area contributed by atoms with Gasteiger partial charge in [-0.05, 0) is 153 Å². The number of ether oxygens (including phenoxy) is 2. The van der Waals surface area contributed by atoms with E-state index >= 15 is 0 Å². The molecule has 8 aromatic rings. The molecule has 0 bridgehead atoms. The highest BCUT2D eigenvalue weighted by Gasteiger charge is 2.32. The van der Waals surface area contributed by atoms with Crippen molar-refractivity contribution < 1.29 is 56.4 Å². The van der Waals surface area contributed by atoms with Gasteiger partial charge in [-0.25, -0.2) is 31.9 Å². The zero-order chi connectivity index (χ0) is 66.7. The van der Waals surface area contributed by atoms with Gasteiger partial charge in [0.05, 0.1) is 56.3 Å². The molecule has 0 aliphatic heterocycles. The largest absolute Gasteiger partial charge is 0.477 e. The summed E-state index contributed by atoms with van der Waals surface area (Å²) in [5, 5.41) is 18.0. The first kappa shape index (κ1) is 67.8. The van der Waals surface area contributed by atoms with Gasteiger partial charge in [-0.2, -0.15) is 0 Å². The number of carboxylic acids is 2. The predicted molar refractivity (Wildman–Crippen MR) is 348 cm³/mol. The Balaban J connectivity index is 0.000000146. The Morgan fingerprint density at radius 3 is 1.03 bits per heavy atom. The van der Waals surface area contributed by atoms with Crippen LogP contribution in [-0.2, 0) is 9.47 Å². The van der Waals surface area contributed by atoms with E-state index in [-0.39, 0.29) is 86.2 Å². The second-order valence-electron chi connectivity index (χ2n) is 22.8. The summed E-state index contributed by atoms with van der Waals surface area (Å²) in [4.78, 5) is 102. The first-order chi connectivity index (χ1) is 43.9. The average Bonchev–Trinajstić information content (AvgIpc) is 1.29. The van der Waals surface area contributed by atoms with E-state index in [9.17, 15) is 61.0 Å². The summed E-state index contributed by atoms with van der Waals surface area (Å²) in [6.07, 6.45) is 13.4. The number of benzene rings is 4. The molecule has 4 aliphatic rings. The van der Waals surface area contributed by atoms with Crippen LogP contribution in [0.5, 0.6) is 0 Å². The standard InChI is InChI=1S/C20H25FN2O4.C17H18ClFN2O2.C17H19FN2O3.C13H9ClFNO3/c1-4-22(5-2)18-11-17-14(10-16(18)21)19(24)15(12-23(17)13-6-7-13)20(25)27-9-8-26-3;1-3-20(4-2)15-8-14-11(7-13(15)19)16(22)12(17(18)23)9-21(14)10-5-6-10;1-3-19(4-2)15-8-14-11(7-13(15)18)16(21)12(17(22)23)9-20(14)10-5-6-10;14-9-4-11-7(3-10(9)15)12(17)8(13(18)19)5-16(11)6-1-2-6/h10-13H,4-9H2,1-3H3;7-10H,3-6H2,1-2H3;7-10H,3-6H2,1-2H3,(H,22,23);3-6H,1-2H2,(H,18,19). The highest BCUT2D eigenvalue weighted by molar-refractivity contribution is 6.67. The molecule has 4 saturated carbocycles. The topological polar surface area (TPSA) is 225 Å². The molecule has 4 aromatic heterocycles. The highest BCUT2D eigenvalue weighted by atomic mass is 35.5. The minimum absolute atomic E-state index is 0.0497. The van der Waals surface area contributed by atoms with Crippen LogP contribution >= 0.6 is 23.2 Å². The molecular formula is C67H71Cl2F4N7O12. The van der Waals surface area contributed by atoms with Crippen LogP contribution in [0.25, 0.3) is 43.6 Å². The number of esters is 1. The third kappa shape index (κ3) is 14.2. The van der Waals surface area contributed by atoms with Crippen LogP contribution in [0.15, 0.2) is 92.5 Å². The number of carboxylic acid groups (broad SMARTS) is 2. The van der Waals surface area contributed by atoms with Gasteiger partial charge in [-0.15, -0.1) is 0 Å². The smallest absolute Gasteiger partial charge is 0.343 e. The number of methoxy groups -OCH3 is 1. The quantitative estimate of drug-likeness (QED) is 0.0313. The van der Waals surface area contributed by atoms with Crippen molar-refractivity contribution in [3.63, 3.8) is 0 Å². The first-order valence-corrected chi connectivity index (χ1v) is 31.5. The Bertz CT molecular complexity index is 4330. The van der Waals surface area contributed by atoms with E-state index in [4.69, 9.17) is 37.8 Å². The number of aromatic carboxylic acids is 2. The number of anilines is 3. The van der Waals surface area contributed by atoms with Gasteiger partial charge in [0, 0.05) is 117 Å². The Morgan fingerprint density at radius 1 is 0.457 bits per heavy atom. The first-order valence-electron chi connectivity index (χ1n) is 30.7. The molecule has 0 atom stereocenters. The van der Waals surface area contributed by atoms with Crippen LogP contribution < -0.4 is 36.4 Å². The molecule has 0 spiro atoms. The molecule has 0 radical (unpaired) electrons. The van der Waals surface area contributed by atoms with Crippen molar-refractivity contribution in [2.45, 2.75) is 117 Å². The monoisotopic (exact) mass is 1310 g/mol. The molecule has 0 amide bonds. The maximum absolute atomic E-state index is 14.7. The number of aromatic nitrogens is 4. The van der Waals surface area contributed by atoms with Crippen LogP contribution in [-0.4, -0.2) is 111 Å². The molecule has 12 rings (SSSR count). The lowest BCUT2D eigenvalue weighted by Gasteiger charge is -2.23. The van der Waals surface area contributed by atoms with E-state index in [1.807, 2.05) is 69.9 Å². The van der Waals surface area contributed by atoms with Crippen molar-refractivity contribution in [3.8, 4) is 0 Å². The minimum atomic E-state index is -1.31. The van der Waals surface area contributed by atoms with Crippen LogP contribution in [0.1, 0.15) is 159 Å². The van der Waals surface area contributed by atoms with Gasteiger partial charge in [0.25, 0.3) is 5.24 Å². The van der Waals surface area contributed by atoms with E-state index in [0.29, 0.717) is 78.4 Å². The molecule has 488 valence electrons. The number of nitrogens with zero attached hydrogens (tertiary/aromatic N) is 7. The maximum Gasteiger partial charge on any atom is 0.343 e. The van der Waals surface area contributed by atoms with Gasteiger partial charge in [0.2, 0.25) is 21.7 Å². The lowest BCUT2D eigenvalue weighted by Crippen LogP contribution is -2.25. The Morgan fingerprint density at radius 2 is 0.739 bits per heavy atom. The number of halogens is 6. The molecule has 4 aliphatic carbocycles. The maximum atomic E-state index is 14.7. The number of hydrogen-bond acceptors (Lipinski definition) is 13. The zero-order valence-corrected chi connectivity index (χ0v) is 53.4. The lowest BCUT2D eigenvalue weighted by atomic mass is 10.1. The van der Waals surface area contributed by atoms with Crippen molar-refractivity contribution >= 4 is 107 Å². The third-order valence-corrected chi connectivity index (χ3v) is 17.4. The van der Waals surface area contributed by atoms with Crippen LogP contribution in [0.3, 0.4) is 0 Å². The van der Waals surface area contributed by atoms with Crippen LogP contribution in [0.4, 0.5) is 34.6 Å². The number of carbonyl (C=O) groups excluding carboxylic acids is 2. The second kappa shape index (κ2) is 28.5. The minimum Gasteiger partial charge on any atom is -0.477 e. The van der Waals surface area contributed by atoms with Crippen LogP contribution in [0, 0.1) is 23.3 Å². The number of rotatable bonds is 20. The lowest BCUT2D eigenvalue weighted by molar-refractivity contribution is 0.0385. The van der Waals surface area contributed by atoms with Gasteiger partial charge >= 0.3 is 17.9 Å². The summed E-state index contributed by atoms with van der Waals surface area (Å²) < 4.78 is 74.4. The van der Waals surface area contributed by atoms with E-state index in [1.165, 1.54) is 50.0 Å². The number of carbonyl (C=O) groups is 4. The molecular weight excluding hydrogens is 1240 g/mol. The van der Waals surface area contributed by atoms with E-state index in [2.05, 4.69) is 0 Å². The predicted octanol–water partition coefficient (Wildman–Crippen LogP) is 12.7. The number of hydrogen-bond donors (Lipinski definition) is 2. The van der Waals surface area contributed by atoms with E-state index < -0.39 is 68.1 Å². The van der Waals surface area contributed by atoms with Crippen molar-refractivity contribution in [1.82, 2.24) is 18.3 Å². The molecule has 4 aromatic carbocycles. The molecule has 0 unspecified atom stereocenters. The average molecular weight is 1310 g/mol. The zero-order valence-electron chi connectivity index (χ0n) is 51.9. The summed E-state index contributed by atoms with van der Waals surface area (Å²) in [6, 6.07) is 11.9. The molecule has 25 heteroatoms. The summed E-state index contributed by atoms with van der Waals surface area (Å²) in [6.45, 7) is 16.0. The summed E-state index contributed by atoms with van der Waals surface area (Å²) in [5.74, 6) is -5.44. The van der Waals surface area contributed by atoms with E-state index in [0.717, 1.165) is 57.4 Å². The molecule has 2 N–H and O–H groups in total. The summed E-state index contributed by atoms with van der Waals surface area (Å²) >= 11 is 11.3. The summed E-state index contributed by atoms with van der Waals surface area (Å²) in [7, 11) is 1.50. The number of fused-ring (bicyclic) bond motifs is 4. The van der Waals surface area contributed by atoms with Crippen molar-refractivity contribution in [2.75, 3.05) is 74.3 Å². The molecule has 19 nitrogen and oxygen atoms in total. The van der Waals surface area contributed by atoms with Gasteiger partial charge in [-0.1, -0.05) is 11.6 Å². The second-order valence-corrected chi connectivity index (χ2v) is 23.6. The molecule has 92 heavy (non-hydrogen) atoms. The summed E-state index contributed by atoms with van der Waals surface area (Å²) in [5.41, 5.74) is 0.622. The third-order valence-electron chi connectivity index (χ3n) is 16.9.